The maximum atomic E-state index is 13.9. The van der Waals surface area contributed by atoms with E-state index in [4.69, 9.17) is 0 Å². The van der Waals surface area contributed by atoms with Crippen LogP contribution in [0, 0.1) is 11.6 Å². The molecule has 2 rings (SSSR count). The second-order valence-electron chi connectivity index (χ2n) is 5.85. The van der Waals surface area contributed by atoms with Crippen molar-refractivity contribution in [1.29, 1.82) is 0 Å². The average Bonchev–Trinajstić information content (AvgIpc) is 2.98. The van der Waals surface area contributed by atoms with E-state index in [1.807, 2.05) is 0 Å². The topological polar surface area (TPSA) is 39.7 Å². The van der Waals surface area contributed by atoms with Crippen molar-refractivity contribution in [1.82, 2.24) is 10.6 Å². The number of benzene rings is 1. The van der Waals surface area contributed by atoms with Gasteiger partial charge in [-0.2, -0.15) is 0 Å². The quantitative estimate of drug-likeness (QED) is 0.301. The lowest BCUT2D eigenvalue weighted by atomic mass is 10.2. The number of unbranched alkanes of at least 4 members (excludes halogenated alkanes) is 2. The number of rotatable bonds is 6. The zero-order valence-corrected chi connectivity index (χ0v) is 16.6. The van der Waals surface area contributed by atoms with Crippen molar-refractivity contribution in [2.24, 2.45) is 4.99 Å². The molecule has 0 saturated carbocycles. The molecule has 24 heavy (non-hydrogen) atoms. The van der Waals surface area contributed by atoms with Crippen LogP contribution in [0.3, 0.4) is 0 Å². The van der Waals surface area contributed by atoms with Gasteiger partial charge in [0.15, 0.2) is 5.96 Å². The number of guanidine groups is 1. The van der Waals surface area contributed by atoms with Gasteiger partial charge in [-0.3, -0.25) is 4.99 Å². The number of hydrogen-bond donors (Lipinski definition) is 2. The molecule has 136 valence electrons. The maximum absolute atomic E-state index is 13.9. The van der Waals surface area contributed by atoms with E-state index < -0.39 is 11.6 Å². The molecule has 1 aromatic carbocycles. The van der Waals surface area contributed by atoms with Crippen LogP contribution in [0.1, 0.15) is 32.6 Å². The van der Waals surface area contributed by atoms with E-state index >= 15 is 0 Å². The van der Waals surface area contributed by atoms with E-state index in [0.29, 0.717) is 13.1 Å². The second kappa shape index (κ2) is 10.7. The van der Waals surface area contributed by atoms with Crippen LogP contribution in [-0.2, 0) is 0 Å². The molecule has 7 heteroatoms. The van der Waals surface area contributed by atoms with Crippen molar-refractivity contribution in [3.05, 3.63) is 29.8 Å². The van der Waals surface area contributed by atoms with E-state index in [-0.39, 0.29) is 35.7 Å². The highest BCUT2D eigenvalue weighted by Crippen LogP contribution is 2.26. The number of nitrogens with zero attached hydrogens (tertiary/aromatic N) is 2. The standard InChI is InChI=1S/C17H26F2N4.HI/c1-3-4-5-10-21-17(20-2)22-13-9-11-23(12-13)16-14(18)7-6-8-15(16)19;/h6-8,13H,3-5,9-12H2,1-2H3,(H2,20,21,22);1H. The van der Waals surface area contributed by atoms with Gasteiger partial charge in [0.2, 0.25) is 0 Å². The van der Waals surface area contributed by atoms with Crippen molar-refractivity contribution in [2.75, 3.05) is 31.6 Å². The number of anilines is 1. The Labute approximate surface area is 160 Å². The molecule has 0 aliphatic carbocycles. The van der Waals surface area contributed by atoms with Crippen molar-refractivity contribution < 1.29 is 8.78 Å². The van der Waals surface area contributed by atoms with Crippen LogP contribution >= 0.6 is 24.0 Å². The third-order valence-corrected chi connectivity index (χ3v) is 4.08. The largest absolute Gasteiger partial charge is 0.365 e. The van der Waals surface area contributed by atoms with Gasteiger partial charge in [-0.05, 0) is 25.0 Å². The van der Waals surface area contributed by atoms with Crippen LogP contribution in [0.15, 0.2) is 23.2 Å². The molecule has 0 spiro atoms. The van der Waals surface area contributed by atoms with Gasteiger partial charge in [0.25, 0.3) is 0 Å². The average molecular weight is 452 g/mol. The number of nitrogens with one attached hydrogen (secondary N) is 2. The minimum atomic E-state index is -0.507. The molecule has 1 aromatic rings. The summed E-state index contributed by atoms with van der Waals surface area (Å²) in [5.74, 6) is -0.262. The molecule has 1 saturated heterocycles. The highest BCUT2D eigenvalue weighted by Gasteiger charge is 2.27. The minimum absolute atomic E-state index is 0. The fraction of sp³-hybridized carbons (Fsp3) is 0.588. The summed E-state index contributed by atoms with van der Waals surface area (Å²) in [4.78, 5) is 5.97. The Kier molecular flexibility index (Phi) is 9.31. The third kappa shape index (κ3) is 5.75. The zero-order valence-electron chi connectivity index (χ0n) is 14.3. The summed E-state index contributed by atoms with van der Waals surface area (Å²) in [6, 6.07) is 4.12. The molecule has 0 bridgehead atoms. The summed E-state index contributed by atoms with van der Waals surface area (Å²) in [5.41, 5.74) is 0.0719. The SMILES string of the molecule is CCCCCNC(=NC)NC1CCN(c2c(F)cccc2F)C1.I. The Morgan fingerprint density at radius 3 is 2.62 bits per heavy atom. The van der Waals surface area contributed by atoms with Crippen LogP contribution in [0.5, 0.6) is 0 Å². The number of halogens is 3. The number of aliphatic imine (C=N–C) groups is 1. The molecule has 0 radical (unpaired) electrons. The fourth-order valence-electron chi connectivity index (χ4n) is 2.84. The predicted molar refractivity (Wildman–Crippen MR) is 106 cm³/mol. The lowest BCUT2D eigenvalue weighted by Gasteiger charge is -2.21. The van der Waals surface area contributed by atoms with E-state index in [0.717, 1.165) is 25.3 Å². The Hall–Kier alpha value is -1.12. The molecular weight excluding hydrogens is 425 g/mol. The summed E-state index contributed by atoms with van der Waals surface area (Å²) in [7, 11) is 1.73. The van der Waals surface area contributed by atoms with Gasteiger partial charge in [0.1, 0.15) is 17.3 Å². The molecule has 0 aromatic heterocycles. The van der Waals surface area contributed by atoms with Crippen molar-refractivity contribution >= 4 is 35.6 Å². The molecule has 1 fully saturated rings. The molecule has 1 heterocycles. The van der Waals surface area contributed by atoms with E-state index in [1.54, 1.807) is 11.9 Å². The first-order valence-corrected chi connectivity index (χ1v) is 8.31. The van der Waals surface area contributed by atoms with Crippen LogP contribution < -0.4 is 15.5 Å². The molecular formula is C17H27F2IN4. The molecule has 0 amide bonds. The number of hydrogen-bond acceptors (Lipinski definition) is 2. The molecule has 1 unspecified atom stereocenters. The first-order chi connectivity index (χ1) is 11.2. The highest BCUT2D eigenvalue weighted by atomic mass is 127. The first kappa shape index (κ1) is 20.9. The van der Waals surface area contributed by atoms with Crippen LogP contribution in [0.25, 0.3) is 0 Å². The lowest BCUT2D eigenvalue weighted by molar-refractivity contribution is 0.575. The summed E-state index contributed by atoms with van der Waals surface area (Å²) in [6.45, 7) is 4.24. The number of para-hydroxylation sites is 1. The van der Waals surface area contributed by atoms with E-state index in [1.165, 1.54) is 31.0 Å². The zero-order chi connectivity index (χ0) is 16.7. The van der Waals surface area contributed by atoms with Crippen molar-refractivity contribution in [3.8, 4) is 0 Å². The van der Waals surface area contributed by atoms with Crippen molar-refractivity contribution in [2.45, 2.75) is 38.6 Å². The van der Waals surface area contributed by atoms with Gasteiger partial charge in [-0.25, -0.2) is 8.78 Å². The second-order valence-corrected chi connectivity index (χ2v) is 5.85. The molecule has 4 nitrogen and oxygen atoms in total. The van der Waals surface area contributed by atoms with Crippen molar-refractivity contribution in [3.63, 3.8) is 0 Å². The summed E-state index contributed by atoms with van der Waals surface area (Å²) in [6.07, 6.45) is 4.30. The summed E-state index contributed by atoms with van der Waals surface area (Å²) >= 11 is 0. The van der Waals surface area contributed by atoms with E-state index in [2.05, 4.69) is 22.5 Å². The van der Waals surface area contributed by atoms with Crippen LogP contribution in [-0.4, -0.2) is 38.7 Å². The Morgan fingerprint density at radius 2 is 2.00 bits per heavy atom. The third-order valence-electron chi connectivity index (χ3n) is 4.08. The normalized spacial score (nSPS) is 17.6. The van der Waals surface area contributed by atoms with Gasteiger partial charge >= 0.3 is 0 Å². The van der Waals surface area contributed by atoms with Gasteiger partial charge in [-0.1, -0.05) is 25.8 Å². The summed E-state index contributed by atoms with van der Waals surface area (Å²) in [5, 5.41) is 6.61. The van der Waals surface area contributed by atoms with Gasteiger partial charge in [0.05, 0.1) is 0 Å². The summed E-state index contributed by atoms with van der Waals surface area (Å²) < 4.78 is 27.7. The smallest absolute Gasteiger partial charge is 0.191 e. The van der Waals surface area contributed by atoms with Gasteiger partial charge in [-0.15, -0.1) is 24.0 Å². The van der Waals surface area contributed by atoms with Crippen LogP contribution in [0.2, 0.25) is 0 Å². The predicted octanol–water partition coefficient (Wildman–Crippen LogP) is 3.52. The Balaban J connectivity index is 0.00000288. The molecule has 1 aliphatic heterocycles. The minimum Gasteiger partial charge on any atom is -0.365 e. The molecule has 1 aliphatic rings. The van der Waals surface area contributed by atoms with Gasteiger partial charge in [0, 0.05) is 32.7 Å². The van der Waals surface area contributed by atoms with Gasteiger partial charge < -0.3 is 15.5 Å². The maximum Gasteiger partial charge on any atom is 0.191 e. The lowest BCUT2D eigenvalue weighted by Crippen LogP contribution is -2.44. The van der Waals surface area contributed by atoms with Crippen LogP contribution in [0.4, 0.5) is 14.5 Å². The Bertz CT molecular complexity index is 519. The molecule has 2 N–H and O–H groups in total. The highest BCUT2D eigenvalue weighted by molar-refractivity contribution is 14.0. The first-order valence-electron chi connectivity index (χ1n) is 8.31. The Morgan fingerprint density at radius 1 is 1.29 bits per heavy atom. The van der Waals surface area contributed by atoms with E-state index in [9.17, 15) is 8.78 Å². The monoisotopic (exact) mass is 452 g/mol. The molecule has 1 atom stereocenters. The fourth-order valence-corrected chi connectivity index (χ4v) is 2.84.